The SMILES string of the molecule is CCN(CC)c1ccc(NS(=O)(=O)c2ccc(OC)cc2)nn1. The lowest BCUT2D eigenvalue weighted by Gasteiger charge is -2.18. The van der Waals surface area contributed by atoms with E-state index in [-0.39, 0.29) is 10.7 Å². The van der Waals surface area contributed by atoms with E-state index < -0.39 is 10.0 Å². The first kappa shape index (κ1) is 17.0. The molecule has 0 saturated heterocycles. The molecule has 0 aliphatic rings. The fourth-order valence-corrected chi connectivity index (χ4v) is 3.04. The van der Waals surface area contributed by atoms with Gasteiger partial charge in [0.1, 0.15) is 5.75 Å². The standard InChI is InChI=1S/C15H20N4O3S/c1-4-19(5-2)15-11-10-14(16-17-15)18-23(20,21)13-8-6-12(22-3)7-9-13/h6-11H,4-5H2,1-3H3,(H,16,18). The highest BCUT2D eigenvalue weighted by Crippen LogP contribution is 2.18. The summed E-state index contributed by atoms with van der Waals surface area (Å²) in [5.74, 6) is 1.48. The molecule has 0 saturated carbocycles. The van der Waals surface area contributed by atoms with Gasteiger partial charge < -0.3 is 9.64 Å². The Balaban J connectivity index is 2.16. The van der Waals surface area contributed by atoms with E-state index in [0.717, 1.165) is 13.1 Å². The summed E-state index contributed by atoms with van der Waals surface area (Å²) < 4.78 is 32.0. The normalized spacial score (nSPS) is 11.1. The molecule has 0 unspecified atom stereocenters. The summed E-state index contributed by atoms with van der Waals surface area (Å²) >= 11 is 0. The minimum atomic E-state index is -3.70. The average Bonchev–Trinajstić information content (AvgIpc) is 2.57. The molecule has 2 aromatic rings. The monoisotopic (exact) mass is 336 g/mol. The molecule has 124 valence electrons. The van der Waals surface area contributed by atoms with E-state index in [2.05, 4.69) is 14.9 Å². The Hall–Kier alpha value is -2.35. The van der Waals surface area contributed by atoms with Crippen molar-refractivity contribution in [2.24, 2.45) is 0 Å². The van der Waals surface area contributed by atoms with E-state index >= 15 is 0 Å². The molecule has 1 aromatic carbocycles. The number of anilines is 2. The molecule has 2 rings (SSSR count). The number of aromatic nitrogens is 2. The van der Waals surface area contributed by atoms with Gasteiger partial charge in [0.2, 0.25) is 0 Å². The average molecular weight is 336 g/mol. The molecule has 1 N–H and O–H groups in total. The van der Waals surface area contributed by atoms with Crippen LogP contribution in [-0.4, -0.2) is 38.8 Å². The first-order valence-electron chi connectivity index (χ1n) is 7.25. The summed E-state index contributed by atoms with van der Waals surface area (Å²) in [5, 5.41) is 7.99. The van der Waals surface area contributed by atoms with Crippen molar-refractivity contribution >= 4 is 21.7 Å². The highest BCUT2D eigenvalue weighted by Gasteiger charge is 2.15. The van der Waals surface area contributed by atoms with E-state index in [1.807, 2.05) is 18.7 Å². The van der Waals surface area contributed by atoms with Crippen molar-refractivity contribution in [1.29, 1.82) is 0 Å². The van der Waals surface area contributed by atoms with Crippen LogP contribution in [0.1, 0.15) is 13.8 Å². The van der Waals surface area contributed by atoms with Crippen molar-refractivity contribution in [3.05, 3.63) is 36.4 Å². The van der Waals surface area contributed by atoms with Crippen LogP contribution in [0.25, 0.3) is 0 Å². The maximum absolute atomic E-state index is 12.3. The number of methoxy groups -OCH3 is 1. The second-order valence-corrected chi connectivity index (χ2v) is 6.41. The largest absolute Gasteiger partial charge is 0.497 e. The molecule has 0 aliphatic heterocycles. The lowest BCUT2D eigenvalue weighted by atomic mass is 10.3. The van der Waals surface area contributed by atoms with Crippen molar-refractivity contribution in [3.63, 3.8) is 0 Å². The van der Waals surface area contributed by atoms with Crippen LogP contribution in [0.2, 0.25) is 0 Å². The van der Waals surface area contributed by atoms with Crippen molar-refractivity contribution in [3.8, 4) is 5.75 Å². The maximum atomic E-state index is 12.3. The van der Waals surface area contributed by atoms with E-state index in [9.17, 15) is 8.42 Å². The van der Waals surface area contributed by atoms with Gasteiger partial charge in [-0.05, 0) is 50.2 Å². The summed E-state index contributed by atoms with van der Waals surface area (Å²) in [6.45, 7) is 5.65. The zero-order valence-corrected chi connectivity index (χ0v) is 14.2. The predicted molar refractivity (Wildman–Crippen MR) is 89.4 cm³/mol. The second kappa shape index (κ2) is 7.28. The molecule has 8 heteroatoms. The van der Waals surface area contributed by atoms with Crippen molar-refractivity contribution in [2.75, 3.05) is 29.8 Å². The molecule has 1 heterocycles. The Morgan fingerprint density at radius 1 is 1.04 bits per heavy atom. The number of nitrogens with zero attached hydrogens (tertiary/aromatic N) is 3. The van der Waals surface area contributed by atoms with Crippen LogP contribution in [-0.2, 0) is 10.0 Å². The van der Waals surface area contributed by atoms with Gasteiger partial charge in [-0.2, -0.15) is 0 Å². The molecule has 0 amide bonds. The quantitative estimate of drug-likeness (QED) is 0.834. The fraction of sp³-hybridized carbons (Fsp3) is 0.333. The number of hydrogen-bond acceptors (Lipinski definition) is 6. The summed E-state index contributed by atoms with van der Waals surface area (Å²) in [6.07, 6.45) is 0. The molecule has 0 fully saturated rings. The lowest BCUT2D eigenvalue weighted by Crippen LogP contribution is -2.23. The van der Waals surface area contributed by atoms with Gasteiger partial charge in [0.25, 0.3) is 10.0 Å². The van der Waals surface area contributed by atoms with E-state index in [1.54, 1.807) is 24.3 Å². The predicted octanol–water partition coefficient (Wildman–Crippen LogP) is 2.13. The summed E-state index contributed by atoms with van der Waals surface area (Å²) in [7, 11) is -2.18. The van der Waals surface area contributed by atoms with Gasteiger partial charge >= 0.3 is 0 Å². The molecule has 23 heavy (non-hydrogen) atoms. The molecule has 0 atom stereocenters. The van der Waals surface area contributed by atoms with Gasteiger partial charge in [-0.15, -0.1) is 10.2 Å². The molecular formula is C15H20N4O3S. The molecule has 1 aromatic heterocycles. The minimum absolute atomic E-state index is 0.132. The summed E-state index contributed by atoms with van der Waals surface area (Å²) in [5.41, 5.74) is 0. The van der Waals surface area contributed by atoms with Crippen LogP contribution >= 0.6 is 0 Å². The Bertz CT molecular complexity index is 726. The van der Waals surface area contributed by atoms with Gasteiger partial charge in [0.05, 0.1) is 12.0 Å². The van der Waals surface area contributed by atoms with Gasteiger partial charge in [0, 0.05) is 13.1 Å². The summed E-state index contributed by atoms with van der Waals surface area (Å²) in [4.78, 5) is 2.15. The first-order chi connectivity index (χ1) is 11.0. The van der Waals surface area contributed by atoms with E-state index in [1.165, 1.54) is 19.2 Å². The third-order valence-corrected chi connectivity index (χ3v) is 4.72. The van der Waals surface area contributed by atoms with Gasteiger partial charge in [-0.1, -0.05) is 0 Å². The zero-order valence-electron chi connectivity index (χ0n) is 13.4. The molecule has 0 bridgehead atoms. The Labute approximate surface area is 136 Å². The molecule has 0 spiro atoms. The van der Waals surface area contributed by atoms with Crippen LogP contribution in [0.5, 0.6) is 5.75 Å². The van der Waals surface area contributed by atoms with Gasteiger partial charge in [-0.25, -0.2) is 8.42 Å². The number of hydrogen-bond donors (Lipinski definition) is 1. The Morgan fingerprint density at radius 2 is 1.70 bits per heavy atom. The van der Waals surface area contributed by atoms with E-state index in [0.29, 0.717) is 11.6 Å². The van der Waals surface area contributed by atoms with Crippen LogP contribution < -0.4 is 14.4 Å². The third-order valence-electron chi connectivity index (χ3n) is 3.35. The second-order valence-electron chi connectivity index (χ2n) is 4.73. The topological polar surface area (TPSA) is 84.4 Å². The zero-order chi connectivity index (χ0) is 16.9. The number of ether oxygens (including phenoxy) is 1. The van der Waals surface area contributed by atoms with Gasteiger partial charge in [0.15, 0.2) is 11.6 Å². The molecular weight excluding hydrogens is 316 g/mol. The van der Waals surface area contributed by atoms with Crippen LogP contribution in [0.3, 0.4) is 0 Å². The number of sulfonamides is 1. The number of rotatable bonds is 7. The maximum Gasteiger partial charge on any atom is 0.263 e. The number of benzene rings is 1. The van der Waals surface area contributed by atoms with Crippen LogP contribution in [0.15, 0.2) is 41.3 Å². The molecule has 7 nitrogen and oxygen atoms in total. The first-order valence-corrected chi connectivity index (χ1v) is 8.74. The van der Waals surface area contributed by atoms with Crippen molar-refractivity contribution < 1.29 is 13.2 Å². The Kier molecular flexibility index (Phi) is 5.38. The van der Waals surface area contributed by atoms with Crippen LogP contribution in [0, 0.1) is 0 Å². The van der Waals surface area contributed by atoms with E-state index in [4.69, 9.17) is 4.74 Å². The summed E-state index contributed by atoms with van der Waals surface area (Å²) in [6, 6.07) is 9.46. The third kappa shape index (κ3) is 4.10. The van der Waals surface area contributed by atoms with Crippen molar-refractivity contribution in [2.45, 2.75) is 18.7 Å². The van der Waals surface area contributed by atoms with Crippen molar-refractivity contribution in [1.82, 2.24) is 10.2 Å². The van der Waals surface area contributed by atoms with Gasteiger partial charge in [-0.3, -0.25) is 4.72 Å². The minimum Gasteiger partial charge on any atom is -0.497 e. The Morgan fingerprint density at radius 3 is 2.17 bits per heavy atom. The highest BCUT2D eigenvalue weighted by atomic mass is 32.2. The van der Waals surface area contributed by atoms with Crippen LogP contribution in [0.4, 0.5) is 11.6 Å². The molecule has 0 aliphatic carbocycles. The smallest absolute Gasteiger partial charge is 0.263 e. The fourth-order valence-electron chi connectivity index (χ4n) is 2.05. The lowest BCUT2D eigenvalue weighted by molar-refractivity contribution is 0.414. The highest BCUT2D eigenvalue weighted by molar-refractivity contribution is 7.92. The number of nitrogens with one attached hydrogen (secondary N) is 1. The molecule has 0 radical (unpaired) electrons.